The predicted octanol–water partition coefficient (Wildman–Crippen LogP) is 7.35. The maximum absolute atomic E-state index is 11.8. The van der Waals surface area contributed by atoms with E-state index in [0.717, 1.165) is 58.0 Å². The number of fused-ring (bicyclic) bond motifs is 1. The smallest absolute Gasteiger partial charge is 0.326 e. The lowest BCUT2D eigenvalue weighted by atomic mass is 10.00. The zero-order chi connectivity index (χ0) is 37.4. The van der Waals surface area contributed by atoms with Gasteiger partial charge in [-0.05, 0) is 97.5 Å². The highest BCUT2D eigenvalue weighted by atomic mass is 79.9. The molecule has 1 aliphatic rings. The van der Waals surface area contributed by atoms with Crippen molar-refractivity contribution in [2.75, 3.05) is 26.2 Å². The lowest BCUT2D eigenvalue weighted by molar-refractivity contribution is -0.145. The third-order valence-corrected chi connectivity index (χ3v) is 10.9. The van der Waals surface area contributed by atoms with E-state index in [1.807, 2.05) is 18.3 Å². The van der Waals surface area contributed by atoms with Crippen LogP contribution in [-0.4, -0.2) is 67.6 Å². The second kappa shape index (κ2) is 17.5. The Hall–Kier alpha value is -4.51. The molecule has 276 valence electrons. The summed E-state index contributed by atoms with van der Waals surface area (Å²) in [4.78, 5) is 18.5. The highest BCUT2D eigenvalue weighted by molar-refractivity contribution is 9.10. The van der Waals surface area contributed by atoms with Crippen LogP contribution in [0.4, 0.5) is 0 Å². The number of carboxylic acids is 1. The molecule has 0 spiro atoms. The zero-order valence-electron chi connectivity index (χ0n) is 29.5. The van der Waals surface area contributed by atoms with E-state index >= 15 is 0 Å². The van der Waals surface area contributed by atoms with E-state index in [0.29, 0.717) is 33.2 Å². The van der Waals surface area contributed by atoms with Crippen LogP contribution in [0.15, 0.2) is 77.7 Å². The average molecular weight is 802 g/mol. The molecule has 0 aliphatic carbocycles. The number of aliphatic hydroxyl groups excluding tert-OH is 1. The summed E-state index contributed by atoms with van der Waals surface area (Å²) < 4.78 is 15.5. The van der Waals surface area contributed by atoms with Crippen LogP contribution >= 0.6 is 27.5 Å². The van der Waals surface area contributed by atoms with Crippen molar-refractivity contribution in [1.29, 1.82) is 5.26 Å². The number of hydrogen-bond acceptors (Lipinski definition) is 9. The molecule has 0 radical (unpaired) electrons. The number of carbonyl (C=O) groups is 1. The summed E-state index contributed by atoms with van der Waals surface area (Å²) in [5.41, 5.74) is 4.12. The van der Waals surface area contributed by atoms with Gasteiger partial charge >= 0.3 is 5.97 Å². The van der Waals surface area contributed by atoms with Crippen LogP contribution in [0.1, 0.15) is 54.9 Å². The number of halogens is 2. The minimum absolute atomic E-state index is 0.0313. The van der Waals surface area contributed by atoms with Crippen LogP contribution in [0, 0.1) is 11.3 Å². The fourth-order valence-electron chi connectivity index (χ4n) is 6.41. The van der Waals surface area contributed by atoms with Crippen molar-refractivity contribution >= 4 is 44.4 Å². The van der Waals surface area contributed by atoms with Gasteiger partial charge in [0.25, 0.3) is 0 Å². The number of nitrogens with one attached hydrogen (secondary N) is 1. The molecule has 0 saturated carbocycles. The molecule has 1 fully saturated rings. The summed E-state index contributed by atoms with van der Waals surface area (Å²) in [6, 6.07) is 19.4. The summed E-state index contributed by atoms with van der Waals surface area (Å²) in [7, 11) is 0. The van der Waals surface area contributed by atoms with E-state index in [1.54, 1.807) is 24.4 Å². The monoisotopic (exact) mass is 800 g/mol. The molecular weight excluding hydrogens is 760 g/mol. The quantitative estimate of drug-likeness (QED) is 0.0817. The van der Waals surface area contributed by atoms with Crippen molar-refractivity contribution in [3.8, 4) is 28.7 Å². The predicted molar refractivity (Wildman–Crippen MR) is 207 cm³/mol. The molecule has 1 saturated heterocycles. The van der Waals surface area contributed by atoms with Gasteiger partial charge in [0.15, 0.2) is 0 Å². The molecule has 6 rings (SSSR count). The van der Waals surface area contributed by atoms with Crippen molar-refractivity contribution in [2.24, 2.45) is 0 Å². The summed E-state index contributed by atoms with van der Waals surface area (Å²) in [5.74, 6) is -0.450. The molecule has 3 aromatic carbocycles. The maximum atomic E-state index is 11.8. The van der Waals surface area contributed by atoms with E-state index < -0.39 is 18.1 Å². The first-order valence-electron chi connectivity index (χ1n) is 17.6. The van der Waals surface area contributed by atoms with E-state index in [4.69, 9.17) is 26.2 Å². The van der Waals surface area contributed by atoms with Crippen molar-refractivity contribution in [3.05, 3.63) is 105 Å². The Kier molecular flexibility index (Phi) is 12.7. The van der Waals surface area contributed by atoms with Gasteiger partial charge in [-0.2, -0.15) is 10.4 Å². The molecule has 0 bridgehead atoms. The highest BCUT2D eigenvalue weighted by Gasteiger charge is 2.32. The van der Waals surface area contributed by atoms with Gasteiger partial charge in [0.1, 0.15) is 36.3 Å². The average Bonchev–Trinajstić information content (AvgIpc) is 3.85. The summed E-state index contributed by atoms with van der Waals surface area (Å²) >= 11 is 10.6. The largest absolute Gasteiger partial charge is 0.488 e. The number of pyridine rings is 1. The van der Waals surface area contributed by atoms with Gasteiger partial charge in [-0.3, -0.25) is 19.8 Å². The minimum atomic E-state index is -1.59. The van der Waals surface area contributed by atoms with Gasteiger partial charge in [-0.1, -0.05) is 41.9 Å². The standard InChI is InChI=1S/C40H42BrClN6O5/c1-40(26-49,39(50)51)45-22-30-17-34(42)37(18-36(30)52-24-28-16-27(19-43)20-44-21-28)53-25-29-8-6-10-32(38(29)41)31-9-7-11-35-33(31)23-46-48(35)15-5-4-14-47-12-2-3-13-47/h6-11,16-18,20-21,23,45,49H,2-5,12-15,22,24-26H2,1H3,(H,50,51). The summed E-state index contributed by atoms with van der Waals surface area (Å²) in [5, 5.41) is 37.7. The van der Waals surface area contributed by atoms with E-state index in [-0.39, 0.29) is 19.8 Å². The summed E-state index contributed by atoms with van der Waals surface area (Å²) in [6.45, 7) is 5.55. The number of unbranched alkanes of at least 4 members (excludes halogenated alkanes) is 1. The van der Waals surface area contributed by atoms with Crippen LogP contribution in [0.25, 0.3) is 22.0 Å². The van der Waals surface area contributed by atoms with Crippen molar-refractivity contribution in [2.45, 2.75) is 64.4 Å². The zero-order valence-corrected chi connectivity index (χ0v) is 31.9. The number of nitrogens with zero attached hydrogens (tertiary/aromatic N) is 5. The normalized spacial score (nSPS) is 14.2. The van der Waals surface area contributed by atoms with Gasteiger partial charge in [0, 0.05) is 58.1 Å². The Morgan fingerprint density at radius 2 is 1.75 bits per heavy atom. The Bertz CT molecular complexity index is 2110. The molecule has 53 heavy (non-hydrogen) atoms. The lowest BCUT2D eigenvalue weighted by Crippen LogP contribution is -2.52. The van der Waals surface area contributed by atoms with Crippen LogP contribution < -0.4 is 14.8 Å². The topological polar surface area (TPSA) is 146 Å². The van der Waals surface area contributed by atoms with Crippen LogP contribution in [0.2, 0.25) is 5.02 Å². The number of aliphatic hydroxyl groups is 1. The molecule has 1 atom stereocenters. The molecule has 3 heterocycles. The maximum Gasteiger partial charge on any atom is 0.326 e. The molecule has 0 amide bonds. The lowest BCUT2D eigenvalue weighted by Gasteiger charge is -2.25. The number of nitriles is 1. The Balaban J connectivity index is 1.20. The fourth-order valence-corrected chi connectivity index (χ4v) is 7.24. The van der Waals surface area contributed by atoms with Gasteiger partial charge in [0.2, 0.25) is 0 Å². The number of likely N-dealkylation sites (tertiary alicyclic amines) is 1. The van der Waals surface area contributed by atoms with Crippen molar-refractivity contribution < 1.29 is 24.5 Å². The first kappa shape index (κ1) is 38.2. The van der Waals surface area contributed by atoms with Crippen molar-refractivity contribution in [1.82, 2.24) is 25.0 Å². The number of benzene rings is 3. The molecule has 3 N–H and O–H groups in total. The molecule has 1 aliphatic heterocycles. The molecule has 11 nitrogen and oxygen atoms in total. The van der Waals surface area contributed by atoms with E-state index in [2.05, 4.69) is 66.1 Å². The minimum Gasteiger partial charge on any atom is -0.488 e. The number of rotatable bonds is 17. The number of hydrogen-bond donors (Lipinski definition) is 3. The third-order valence-electron chi connectivity index (χ3n) is 9.62. The van der Waals surface area contributed by atoms with Crippen LogP contribution in [0.5, 0.6) is 11.5 Å². The number of aryl methyl sites for hydroxylation is 1. The molecule has 13 heteroatoms. The fraction of sp³-hybridized carbons (Fsp3) is 0.350. The number of carboxylic acid groups (broad SMARTS) is 1. The second-order valence-corrected chi connectivity index (χ2v) is 14.7. The number of aromatic nitrogens is 3. The molecule has 5 aromatic rings. The SMILES string of the molecule is CC(CO)(NCc1cc(Cl)c(OCc2cccc(-c3cccc4c3cnn4CCCCN3CCCC3)c2Br)cc1OCc1cncc(C#N)c1)C(=O)O. The third kappa shape index (κ3) is 9.18. The Morgan fingerprint density at radius 1 is 1.00 bits per heavy atom. The molecule has 1 unspecified atom stereocenters. The summed E-state index contributed by atoms with van der Waals surface area (Å²) in [6.07, 6.45) is 9.88. The van der Waals surface area contributed by atoms with Gasteiger partial charge in [-0.15, -0.1) is 0 Å². The number of aliphatic carboxylic acids is 1. The molecule has 2 aromatic heterocycles. The Morgan fingerprint density at radius 3 is 2.53 bits per heavy atom. The van der Waals surface area contributed by atoms with E-state index in [1.165, 1.54) is 39.1 Å². The van der Waals surface area contributed by atoms with Gasteiger partial charge in [0.05, 0.1) is 28.9 Å². The highest BCUT2D eigenvalue weighted by Crippen LogP contribution is 2.38. The van der Waals surface area contributed by atoms with Gasteiger partial charge in [-0.25, -0.2) is 0 Å². The van der Waals surface area contributed by atoms with Crippen molar-refractivity contribution in [3.63, 3.8) is 0 Å². The molecular formula is C40H42BrClN6O5. The van der Waals surface area contributed by atoms with E-state index in [9.17, 15) is 20.3 Å². The second-order valence-electron chi connectivity index (χ2n) is 13.5. The first-order chi connectivity index (χ1) is 25.7. The number of ether oxygens (including phenoxy) is 2. The van der Waals surface area contributed by atoms with Crippen LogP contribution in [0.3, 0.4) is 0 Å². The van der Waals surface area contributed by atoms with Crippen LogP contribution in [-0.2, 0) is 31.1 Å². The Labute approximate surface area is 322 Å². The van der Waals surface area contributed by atoms with Gasteiger partial charge < -0.3 is 24.6 Å². The first-order valence-corrected chi connectivity index (χ1v) is 18.8.